The lowest BCUT2D eigenvalue weighted by atomic mass is 10.2. The van der Waals surface area contributed by atoms with Crippen molar-refractivity contribution >= 4 is 17.7 Å². The number of aliphatic carboxylic acids is 1. The molecule has 2 rings (SSSR count). The van der Waals surface area contributed by atoms with Gasteiger partial charge in [-0.15, -0.1) is 0 Å². The average molecular weight is 254 g/mol. The van der Waals surface area contributed by atoms with Gasteiger partial charge in [-0.1, -0.05) is 0 Å². The molecule has 0 saturated carbocycles. The van der Waals surface area contributed by atoms with Gasteiger partial charge in [0, 0.05) is 26.2 Å². The highest BCUT2D eigenvalue weighted by Crippen LogP contribution is 2.19. The van der Waals surface area contributed by atoms with Gasteiger partial charge >= 0.3 is 12.0 Å². The molecule has 0 aromatic carbocycles. The van der Waals surface area contributed by atoms with E-state index in [4.69, 9.17) is 5.11 Å². The SMILES string of the molecule is Cn1cc(NC(=O)N2C[C@@H](O)C[C@H]2C(=O)O)cn1. The van der Waals surface area contributed by atoms with Gasteiger partial charge in [0.1, 0.15) is 6.04 Å². The lowest BCUT2D eigenvalue weighted by molar-refractivity contribution is -0.141. The number of anilines is 1. The van der Waals surface area contributed by atoms with E-state index < -0.39 is 24.1 Å². The fourth-order valence-corrected chi connectivity index (χ4v) is 1.95. The number of nitrogens with zero attached hydrogens (tertiary/aromatic N) is 3. The van der Waals surface area contributed by atoms with Gasteiger partial charge in [0.2, 0.25) is 0 Å². The predicted molar refractivity (Wildman–Crippen MR) is 61.0 cm³/mol. The van der Waals surface area contributed by atoms with Crippen molar-refractivity contribution in [1.82, 2.24) is 14.7 Å². The minimum atomic E-state index is -1.12. The smallest absolute Gasteiger partial charge is 0.326 e. The molecule has 0 bridgehead atoms. The third-order valence-corrected chi connectivity index (χ3v) is 2.78. The number of carboxylic acid groups (broad SMARTS) is 1. The van der Waals surface area contributed by atoms with Crippen molar-refractivity contribution in [2.75, 3.05) is 11.9 Å². The van der Waals surface area contributed by atoms with Crippen LogP contribution in [-0.4, -0.2) is 55.6 Å². The summed E-state index contributed by atoms with van der Waals surface area (Å²) in [5.41, 5.74) is 0.480. The number of hydrogen-bond donors (Lipinski definition) is 3. The Morgan fingerprint density at radius 3 is 2.83 bits per heavy atom. The first-order valence-electron chi connectivity index (χ1n) is 5.44. The monoisotopic (exact) mass is 254 g/mol. The molecule has 1 aromatic rings. The topological polar surface area (TPSA) is 108 Å². The standard InChI is InChI=1S/C10H14N4O4/c1-13-4-6(3-11-13)12-10(18)14-5-7(15)2-8(14)9(16)17/h3-4,7-8,15H,2,5H2,1H3,(H,12,18)(H,16,17)/t7-,8-/m0/s1. The Balaban J connectivity index is 2.06. The van der Waals surface area contributed by atoms with Crippen LogP contribution in [0.1, 0.15) is 6.42 Å². The summed E-state index contributed by atoms with van der Waals surface area (Å²) >= 11 is 0. The lowest BCUT2D eigenvalue weighted by Gasteiger charge is -2.20. The largest absolute Gasteiger partial charge is 0.480 e. The summed E-state index contributed by atoms with van der Waals surface area (Å²) in [5.74, 6) is -1.12. The van der Waals surface area contributed by atoms with Gasteiger partial charge in [0.05, 0.1) is 18.0 Å². The van der Waals surface area contributed by atoms with Gasteiger partial charge in [-0.3, -0.25) is 4.68 Å². The molecule has 2 amide bonds. The van der Waals surface area contributed by atoms with Crippen molar-refractivity contribution in [2.24, 2.45) is 7.05 Å². The summed E-state index contributed by atoms with van der Waals surface area (Å²) in [6.45, 7) is 0.0169. The van der Waals surface area contributed by atoms with Crippen molar-refractivity contribution < 1.29 is 19.8 Å². The number of hydrogen-bond acceptors (Lipinski definition) is 4. The van der Waals surface area contributed by atoms with Crippen LogP contribution in [0.25, 0.3) is 0 Å². The number of urea groups is 1. The first-order chi connectivity index (χ1) is 8.47. The molecular formula is C10H14N4O4. The molecule has 8 heteroatoms. The highest BCUT2D eigenvalue weighted by molar-refractivity contribution is 5.92. The van der Waals surface area contributed by atoms with Crippen molar-refractivity contribution in [3.8, 4) is 0 Å². The van der Waals surface area contributed by atoms with Crippen LogP contribution in [0.4, 0.5) is 10.5 Å². The third-order valence-electron chi connectivity index (χ3n) is 2.78. The Bertz CT molecular complexity index is 472. The van der Waals surface area contributed by atoms with Crippen molar-refractivity contribution in [3.05, 3.63) is 12.4 Å². The van der Waals surface area contributed by atoms with E-state index >= 15 is 0 Å². The fraction of sp³-hybridized carbons (Fsp3) is 0.500. The average Bonchev–Trinajstić information content (AvgIpc) is 2.85. The van der Waals surface area contributed by atoms with Crippen molar-refractivity contribution in [3.63, 3.8) is 0 Å². The molecule has 8 nitrogen and oxygen atoms in total. The molecule has 18 heavy (non-hydrogen) atoms. The molecule has 2 atom stereocenters. The maximum absolute atomic E-state index is 11.9. The highest BCUT2D eigenvalue weighted by atomic mass is 16.4. The van der Waals surface area contributed by atoms with Crippen molar-refractivity contribution in [1.29, 1.82) is 0 Å². The van der Waals surface area contributed by atoms with Gasteiger partial charge < -0.3 is 20.4 Å². The number of aromatic nitrogens is 2. The second-order valence-corrected chi connectivity index (χ2v) is 4.23. The molecule has 1 aliphatic rings. The number of aliphatic hydroxyl groups is 1. The zero-order valence-electron chi connectivity index (χ0n) is 9.78. The van der Waals surface area contributed by atoms with Crippen LogP contribution >= 0.6 is 0 Å². The molecule has 0 aliphatic carbocycles. The number of amides is 2. The number of nitrogens with one attached hydrogen (secondary N) is 1. The summed E-state index contributed by atoms with van der Waals surface area (Å²) < 4.78 is 1.52. The van der Waals surface area contributed by atoms with Crippen LogP contribution in [0.2, 0.25) is 0 Å². The van der Waals surface area contributed by atoms with Gasteiger partial charge in [-0.25, -0.2) is 9.59 Å². The van der Waals surface area contributed by atoms with E-state index in [-0.39, 0.29) is 13.0 Å². The highest BCUT2D eigenvalue weighted by Gasteiger charge is 2.39. The van der Waals surface area contributed by atoms with Crippen LogP contribution in [-0.2, 0) is 11.8 Å². The molecule has 98 valence electrons. The first-order valence-corrected chi connectivity index (χ1v) is 5.44. The van der Waals surface area contributed by atoms with Gasteiger partial charge in [0.25, 0.3) is 0 Å². The van der Waals surface area contributed by atoms with E-state index in [1.54, 1.807) is 13.2 Å². The van der Waals surface area contributed by atoms with E-state index in [0.717, 1.165) is 4.90 Å². The summed E-state index contributed by atoms with van der Waals surface area (Å²) in [6, 6.07) is -1.54. The Hall–Kier alpha value is -2.09. The summed E-state index contributed by atoms with van der Waals surface area (Å²) in [4.78, 5) is 24.0. The van der Waals surface area contributed by atoms with E-state index in [2.05, 4.69) is 10.4 Å². The normalized spacial score (nSPS) is 23.1. The van der Waals surface area contributed by atoms with Crippen LogP contribution in [0, 0.1) is 0 Å². The molecule has 1 fully saturated rings. The van der Waals surface area contributed by atoms with E-state index in [9.17, 15) is 14.7 Å². The minimum absolute atomic E-state index is 0.0169. The maximum atomic E-state index is 11.9. The lowest BCUT2D eigenvalue weighted by Crippen LogP contribution is -2.42. The van der Waals surface area contributed by atoms with E-state index in [1.165, 1.54) is 10.9 Å². The molecule has 3 N–H and O–H groups in total. The molecule has 0 unspecified atom stereocenters. The molecule has 2 heterocycles. The second kappa shape index (κ2) is 4.65. The number of likely N-dealkylation sites (tertiary alicyclic amines) is 1. The Kier molecular flexibility index (Phi) is 3.19. The zero-order chi connectivity index (χ0) is 13.3. The fourth-order valence-electron chi connectivity index (χ4n) is 1.95. The first kappa shape index (κ1) is 12.4. The quantitative estimate of drug-likeness (QED) is 0.657. The Labute approximate surface area is 103 Å². The number of carboxylic acids is 1. The summed E-state index contributed by atoms with van der Waals surface area (Å²) in [5, 5.41) is 24.8. The zero-order valence-corrected chi connectivity index (χ0v) is 9.78. The Morgan fingerprint density at radius 2 is 2.28 bits per heavy atom. The van der Waals surface area contributed by atoms with Gasteiger partial charge in [-0.2, -0.15) is 5.10 Å². The summed E-state index contributed by atoms with van der Waals surface area (Å²) in [7, 11) is 1.70. The predicted octanol–water partition coefficient (Wildman–Crippen LogP) is -0.528. The number of β-amino-alcohol motifs (C(OH)–C–C–N with tert-alkyl or cyclic N) is 1. The molecule has 0 radical (unpaired) electrons. The number of rotatable bonds is 2. The number of aliphatic hydroxyl groups excluding tert-OH is 1. The van der Waals surface area contributed by atoms with E-state index in [0.29, 0.717) is 5.69 Å². The van der Waals surface area contributed by atoms with Gasteiger partial charge in [0.15, 0.2) is 0 Å². The molecule has 1 aliphatic heterocycles. The van der Waals surface area contributed by atoms with Crippen LogP contribution in [0.15, 0.2) is 12.4 Å². The molecule has 1 aromatic heterocycles. The number of carbonyl (C=O) groups is 2. The minimum Gasteiger partial charge on any atom is -0.480 e. The maximum Gasteiger partial charge on any atom is 0.326 e. The summed E-state index contributed by atoms with van der Waals surface area (Å²) in [6.07, 6.45) is 2.31. The van der Waals surface area contributed by atoms with Crippen LogP contribution in [0.3, 0.4) is 0 Å². The second-order valence-electron chi connectivity index (χ2n) is 4.23. The number of aryl methyl sites for hydroxylation is 1. The van der Waals surface area contributed by atoms with E-state index in [1.807, 2.05) is 0 Å². The van der Waals surface area contributed by atoms with Crippen LogP contribution < -0.4 is 5.32 Å². The molecular weight excluding hydrogens is 240 g/mol. The van der Waals surface area contributed by atoms with Crippen LogP contribution in [0.5, 0.6) is 0 Å². The van der Waals surface area contributed by atoms with Gasteiger partial charge in [-0.05, 0) is 0 Å². The third kappa shape index (κ3) is 2.43. The Morgan fingerprint density at radius 1 is 1.56 bits per heavy atom. The molecule has 1 saturated heterocycles. The number of carbonyl (C=O) groups excluding carboxylic acids is 1. The molecule has 0 spiro atoms. The van der Waals surface area contributed by atoms with Crippen molar-refractivity contribution in [2.45, 2.75) is 18.6 Å².